The van der Waals surface area contributed by atoms with Gasteiger partial charge in [-0.3, -0.25) is 14.4 Å². The van der Waals surface area contributed by atoms with Crippen molar-refractivity contribution in [2.24, 2.45) is 0 Å². The first-order valence-corrected chi connectivity index (χ1v) is 9.59. The monoisotopic (exact) mass is 400 g/mol. The van der Waals surface area contributed by atoms with Gasteiger partial charge in [0, 0.05) is 20.8 Å². The fraction of sp³-hybridized carbons (Fsp3) is 0.471. The Hall–Kier alpha value is -2.46. The molecule has 1 saturated heterocycles. The van der Waals surface area contributed by atoms with Crippen LogP contribution in [0.3, 0.4) is 0 Å². The topological polar surface area (TPSA) is 122 Å². The van der Waals surface area contributed by atoms with Crippen LogP contribution in [0.4, 0.5) is 0 Å². The molecule has 1 heterocycles. The number of hydrogen-bond acceptors (Lipinski definition) is 9. The molecule has 0 N–H and O–H groups in total. The largest absolute Gasteiger partial charge is 0.456 e. The van der Waals surface area contributed by atoms with E-state index in [1.54, 1.807) is 6.07 Å². The van der Waals surface area contributed by atoms with E-state index in [1.165, 1.54) is 24.3 Å². The lowest BCUT2D eigenvalue weighted by atomic mass is 10.1. The zero-order valence-corrected chi connectivity index (χ0v) is 15.8. The molecular weight excluding hydrogens is 380 g/mol. The third-order valence-corrected chi connectivity index (χ3v) is 5.63. The SMILES string of the molecule is CC(=O)O[C@@H]1[C@H](OC(C)=O)[C@H](S(=O)(=O)c2ccccc2)OC[C@@H]1OC(C)=O. The summed E-state index contributed by atoms with van der Waals surface area (Å²) in [7, 11) is -4.11. The predicted octanol–water partition coefficient (Wildman–Crippen LogP) is 0.612. The molecule has 1 aliphatic rings. The van der Waals surface area contributed by atoms with E-state index >= 15 is 0 Å². The van der Waals surface area contributed by atoms with Gasteiger partial charge in [-0.05, 0) is 12.1 Å². The first kappa shape index (κ1) is 20.8. The molecule has 9 nitrogen and oxygen atoms in total. The van der Waals surface area contributed by atoms with Gasteiger partial charge in [-0.15, -0.1) is 0 Å². The van der Waals surface area contributed by atoms with Gasteiger partial charge >= 0.3 is 17.9 Å². The minimum absolute atomic E-state index is 0.0559. The van der Waals surface area contributed by atoms with Crippen molar-refractivity contribution < 1.29 is 41.7 Å². The van der Waals surface area contributed by atoms with E-state index in [0.29, 0.717) is 0 Å². The molecule has 27 heavy (non-hydrogen) atoms. The zero-order chi connectivity index (χ0) is 20.2. The lowest BCUT2D eigenvalue weighted by Crippen LogP contribution is -2.59. The number of hydrogen-bond donors (Lipinski definition) is 0. The van der Waals surface area contributed by atoms with Crippen LogP contribution in [0.5, 0.6) is 0 Å². The number of sulfone groups is 1. The second-order valence-corrected chi connectivity index (χ2v) is 7.88. The van der Waals surface area contributed by atoms with Crippen molar-refractivity contribution in [1.29, 1.82) is 0 Å². The lowest BCUT2D eigenvalue weighted by molar-refractivity contribution is -0.214. The fourth-order valence-corrected chi connectivity index (χ4v) is 4.35. The number of esters is 3. The summed E-state index contributed by atoms with van der Waals surface area (Å²) in [5.41, 5.74) is -1.64. The third kappa shape index (κ3) is 5.04. The maximum Gasteiger partial charge on any atom is 0.303 e. The number of benzene rings is 1. The Labute approximate surface area is 156 Å². The van der Waals surface area contributed by atoms with Crippen molar-refractivity contribution in [2.45, 2.75) is 49.4 Å². The van der Waals surface area contributed by atoms with E-state index in [9.17, 15) is 22.8 Å². The summed E-state index contributed by atoms with van der Waals surface area (Å²) in [5, 5.41) is 0. The Morgan fingerprint density at radius 3 is 1.93 bits per heavy atom. The van der Waals surface area contributed by atoms with E-state index in [1.807, 2.05) is 0 Å². The molecule has 1 fully saturated rings. The van der Waals surface area contributed by atoms with Crippen molar-refractivity contribution in [2.75, 3.05) is 6.61 Å². The molecule has 1 aromatic carbocycles. The van der Waals surface area contributed by atoms with Gasteiger partial charge in [0.1, 0.15) is 0 Å². The highest BCUT2D eigenvalue weighted by molar-refractivity contribution is 7.92. The molecule has 1 aromatic rings. The zero-order valence-electron chi connectivity index (χ0n) is 15.0. The van der Waals surface area contributed by atoms with Gasteiger partial charge in [0.05, 0.1) is 11.5 Å². The highest BCUT2D eigenvalue weighted by atomic mass is 32.2. The highest BCUT2D eigenvalue weighted by Crippen LogP contribution is 2.30. The van der Waals surface area contributed by atoms with E-state index < -0.39 is 51.5 Å². The summed E-state index contributed by atoms with van der Waals surface area (Å²) >= 11 is 0. The van der Waals surface area contributed by atoms with Crippen molar-refractivity contribution in [3.05, 3.63) is 30.3 Å². The molecular formula is C17H20O9S. The molecule has 0 aromatic heterocycles. The average Bonchev–Trinajstić information content (AvgIpc) is 2.57. The third-order valence-electron chi connectivity index (χ3n) is 3.68. The minimum atomic E-state index is -4.11. The quantitative estimate of drug-likeness (QED) is 0.517. The van der Waals surface area contributed by atoms with Crippen LogP contribution in [0.1, 0.15) is 20.8 Å². The van der Waals surface area contributed by atoms with Crippen LogP contribution < -0.4 is 0 Å². The summed E-state index contributed by atoms with van der Waals surface area (Å²) in [6, 6.07) is 7.43. The predicted molar refractivity (Wildman–Crippen MR) is 90.0 cm³/mol. The number of ether oxygens (including phenoxy) is 4. The Morgan fingerprint density at radius 1 is 0.889 bits per heavy atom. The Balaban J connectivity index is 2.46. The van der Waals surface area contributed by atoms with Crippen LogP contribution in [0, 0.1) is 0 Å². The van der Waals surface area contributed by atoms with E-state index in [0.717, 1.165) is 20.8 Å². The Morgan fingerprint density at radius 2 is 1.41 bits per heavy atom. The van der Waals surface area contributed by atoms with Crippen LogP contribution in [-0.4, -0.2) is 56.7 Å². The van der Waals surface area contributed by atoms with E-state index in [2.05, 4.69) is 0 Å². The molecule has 0 bridgehead atoms. The smallest absolute Gasteiger partial charge is 0.303 e. The molecule has 1 aliphatic heterocycles. The molecule has 0 radical (unpaired) electrons. The van der Waals surface area contributed by atoms with Gasteiger partial charge in [-0.1, -0.05) is 18.2 Å². The summed E-state index contributed by atoms with van der Waals surface area (Å²) in [4.78, 5) is 34.3. The molecule has 4 atom stereocenters. The summed E-state index contributed by atoms with van der Waals surface area (Å²) in [6.45, 7) is 2.96. The molecule has 0 aliphatic carbocycles. The fourth-order valence-electron chi connectivity index (χ4n) is 2.72. The summed E-state index contributed by atoms with van der Waals surface area (Å²) in [6.07, 6.45) is -3.99. The molecule has 0 spiro atoms. The lowest BCUT2D eigenvalue weighted by Gasteiger charge is -2.40. The second kappa shape index (κ2) is 8.49. The van der Waals surface area contributed by atoms with Gasteiger partial charge in [0.15, 0.2) is 18.3 Å². The molecule has 0 amide bonds. The van der Waals surface area contributed by atoms with E-state index in [4.69, 9.17) is 18.9 Å². The van der Waals surface area contributed by atoms with Crippen molar-refractivity contribution in [3.8, 4) is 0 Å². The number of carbonyl (C=O) groups excluding carboxylic acids is 3. The molecule has 10 heteroatoms. The van der Waals surface area contributed by atoms with Crippen LogP contribution in [0.15, 0.2) is 35.2 Å². The van der Waals surface area contributed by atoms with Crippen LogP contribution in [0.2, 0.25) is 0 Å². The van der Waals surface area contributed by atoms with Gasteiger partial charge in [0.25, 0.3) is 0 Å². The van der Waals surface area contributed by atoms with Crippen molar-refractivity contribution in [3.63, 3.8) is 0 Å². The first-order valence-electron chi connectivity index (χ1n) is 8.05. The minimum Gasteiger partial charge on any atom is -0.456 e. The maximum atomic E-state index is 13.0. The molecule has 148 valence electrons. The average molecular weight is 400 g/mol. The van der Waals surface area contributed by atoms with E-state index in [-0.39, 0.29) is 11.5 Å². The van der Waals surface area contributed by atoms with Crippen LogP contribution >= 0.6 is 0 Å². The number of rotatable bonds is 5. The number of carbonyl (C=O) groups is 3. The Bertz CT molecular complexity index is 803. The van der Waals surface area contributed by atoms with Crippen molar-refractivity contribution >= 4 is 27.7 Å². The van der Waals surface area contributed by atoms with Gasteiger partial charge < -0.3 is 18.9 Å². The molecule has 0 saturated carbocycles. The normalized spacial score (nSPS) is 25.3. The maximum absolute atomic E-state index is 13.0. The van der Waals surface area contributed by atoms with Gasteiger partial charge in [-0.25, -0.2) is 8.42 Å². The van der Waals surface area contributed by atoms with Crippen molar-refractivity contribution in [1.82, 2.24) is 0 Å². The van der Waals surface area contributed by atoms with Gasteiger partial charge in [-0.2, -0.15) is 0 Å². The summed E-state index contributed by atoms with van der Waals surface area (Å²) < 4.78 is 46.7. The first-order chi connectivity index (χ1) is 12.6. The highest BCUT2D eigenvalue weighted by Gasteiger charge is 2.52. The molecule has 0 unspecified atom stereocenters. The standard InChI is InChI=1S/C17H20O9S/c1-10(18)24-14-9-23-17(27(21,22)13-7-5-4-6-8-13)16(26-12(3)20)15(14)25-11(2)19/h4-8,14-17H,9H2,1-3H3/t14-,15-,16-,17-/m0/s1. The second-order valence-electron chi connectivity index (χ2n) is 5.86. The van der Waals surface area contributed by atoms with Gasteiger partial charge in [0.2, 0.25) is 15.3 Å². The van der Waals surface area contributed by atoms with Crippen LogP contribution in [-0.2, 0) is 43.2 Å². The Kier molecular flexibility index (Phi) is 6.55. The van der Waals surface area contributed by atoms with Crippen LogP contribution in [0.25, 0.3) is 0 Å². The summed E-state index contributed by atoms with van der Waals surface area (Å²) in [5.74, 6) is -2.25. The molecule has 2 rings (SSSR count).